The molecular formula is C27H31N5O5S. The Kier molecular flexibility index (Phi) is 8.48. The van der Waals surface area contributed by atoms with E-state index in [0.29, 0.717) is 33.7 Å². The molecule has 1 aromatic carbocycles. The first kappa shape index (κ1) is 27.3. The maximum atomic E-state index is 14.1. The third-order valence-corrected chi connectivity index (χ3v) is 8.09. The minimum absolute atomic E-state index is 0.0591. The molecule has 0 saturated carbocycles. The zero-order valence-corrected chi connectivity index (χ0v) is 22.1. The number of ketones is 1. The lowest BCUT2D eigenvalue weighted by molar-refractivity contribution is -0.135. The van der Waals surface area contributed by atoms with Crippen molar-refractivity contribution in [2.75, 3.05) is 13.1 Å². The van der Waals surface area contributed by atoms with Gasteiger partial charge in [-0.25, -0.2) is 9.29 Å². The molecule has 4 rings (SSSR count). The standard InChI is InChI=1S/C27H31N5O5S/c1-18(2)16-22(31-26(34)20-12-15-29-21-9-4-3-8-19(20)21)27(35)32(23-10-7-13-28-17-24(23)33)38(36,37)25-11-5-6-14-30-25/h3-6,8-9,11-12,14-15,18,22-23,28H,7,10,13,16-17H2,1-2H3,(H,31,34)/t22?,23-/m0/s1. The summed E-state index contributed by atoms with van der Waals surface area (Å²) in [7, 11) is -4.50. The smallest absolute Gasteiger partial charge is 0.284 e. The molecule has 0 radical (unpaired) electrons. The van der Waals surface area contributed by atoms with Gasteiger partial charge >= 0.3 is 0 Å². The van der Waals surface area contributed by atoms with E-state index in [9.17, 15) is 22.8 Å². The summed E-state index contributed by atoms with van der Waals surface area (Å²) in [6.07, 6.45) is 3.66. The van der Waals surface area contributed by atoms with E-state index in [4.69, 9.17) is 0 Å². The highest BCUT2D eigenvalue weighted by Crippen LogP contribution is 2.24. The van der Waals surface area contributed by atoms with Gasteiger partial charge in [-0.2, -0.15) is 8.42 Å². The maximum Gasteiger partial charge on any atom is 0.284 e. The van der Waals surface area contributed by atoms with Crippen LogP contribution in [0, 0.1) is 5.92 Å². The van der Waals surface area contributed by atoms with Gasteiger partial charge in [0.1, 0.15) is 12.1 Å². The van der Waals surface area contributed by atoms with Crippen LogP contribution in [-0.4, -0.2) is 65.5 Å². The van der Waals surface area contributed by atoms with Crippen molar-refractivity contribution in [3.63, 3.8) is 0 Å². The fourth-order valence-electron chi connectivity index (χ4n) is 4.58. The van der Waals surface area contributed by atoms with Crippen molar-refractivity contribution in [3.8, 4) is 0 Å². The molecule has 2 amide bonds. The number of nitrogens with zero attached hydrogens (tertiary/aromatic N) is 3. The monoisotopic (exact) mass is 537 g/mol. The molecule has 1 unspecified atom stereocenters. The Morgan fingerprint density at radius 3 is 2.58 bits per heavy atom. The average molecular weight is 538 g/mol. The highest BCUT2D eigenvalue weighted by Gasteiger charge is 2.43. The van der Waals surface area contributed by atoms with Gasteiger partial charge in [0.25, 0.3) is 21.8 Å². The summed E-state index contributed by atoms with van der Waals surface area (Å²) < 4.78 is 28.3. The summed E-state index contributed by atoms with van der Waals surface area (Å²) in [4.78, 5) is 48.8. The van der Waals surface area contributed by atoms with Gasteiger partial charge in [0, 0.05) is 17.8 Å². The number of carbonyl (C=O) groups is 3. The molecule has 0 spiro atoms. The number of para-hydroxylation sites is 1. The van der Waals surface area contributed by atoms with Crippen LogP contribution in [-0.2, 0) is 19.6 Å². The molecule has 0 aliphatic carbocycles. The average Bonchev–Trinajstić information content (AvgIpc) is 3.12. The lowest BCUT2D eigenvalue weighted by atomic mass is 10.0. The van der Waals surface area contributed by atoms with E-state index in [1.165, 1.54) is 24.5 Å². The Balaban J connectivity index is 1.75. The molecule has 38 heavy (non-hydrogen) atoms. The normalized spacial score (nSPS) is 17.1. The fourth-order valence-corrected chi connectivity index (χ4v) is 6.14. The van der Waals surface area contributed by atoms with E-state index in [1.54, 1.807) is 36.4 Å². The van der Waals surface area contributed by atoms with Crippen LogP contribution < -0.4 is 10.6 Å². The maximum absolute atomic E-state index is 14.1. The number of nitrogens with one attached hydrogen (secondary N) is 2. The van der Waals surface area contributed by atoms with Gasteiger partial charge in [-0.1, -0.05) is 38.1 Å². The van der Waals surface area contributed by atoms with Crippen LogP contribution in [0.4, 0.5) is 0 Å². The van der Waals surface area contributed by atoms with Crippen LogP contribution >= 0.6 is 0 Å². The van der Waals surface area contributed by atoms with Gasteiger partial charge in [-0.15, -0.1) is 0 Å². The molecule has 1 saturated heterocycles. The Morgan fingerprint density at radius 1 is 1.08 bits per heavy atom. The number of amides is 2. The quantitative estimate of drug-likeness (QED) is 0.446. The third-order valence-electron chi connectivity index (χ3n) is 6.37. The molecule has 11 heteroatoms. The number of Topliss-reactive ketones (excluding diaryl/α,β-unsaturated/α-hetero) is 1. The first-order valence-electron chi connectivity index (χ1n) is 12.6. The minimum Gasteiger partial charge on any atom is -0.340 e. The minimum atomic E-state index is -4.50. The molecule has 1 aliphatic rings. The van der Waals surface area contributed by atoms with E-state index in [-0.39, 0.29) is 30.3 Å². The molecule has 10 nitrogen and oxygen atoms in total. The van der Waals surface area contributed by atoms with Crippen LogP contribution in [0.3, 0.4) is 0 Å². The van der Waals surface area contributed by atoms with E-state index in [1.807, 2.05) is 13.8 Å². The molecule has 3 heterocycles. The van der Waals surface area contributed by atoms with E-state index < -0.39 is 39.7 Å². The van der Waals surface area contributed by atoms with Gasteiger partial charge in [0.2, 0.25) is 0 Å². The van der Waals surface area contributed by atoms with Crippen molar-refractivity contribution in [1.29, 1.82) is 0 Å². The number of aromatic nitrogens is 2. The predicted molar refractivity (Wildman–Crippen MR) is 142 cm³/mol. The molecule has 2 atom stereocenters. The van der Waals surface area contributed by atoms with Crippen molar-refractivity contribution in [3.05, 3.63) is 66.5 Å². The molecule has 2 aromatic heterocycles. The first-order valence-corrected chi connectivity index (χ1v) is 14.0. The van der Waals surface area contributed by atoms with Crippen molar-refractivity contribution in [2.24, 2.45) is 5.92 Å². The Bertz CT molecular complexity index is 1420. The van der Waals surface area contributed by atoms with E-state index in [2.05, 4.69) is 20.6 Å². The number of carbonyl (C=O) groups excluding carboxylic acids is 3. The molecular weight excluding hydrogens is 506 g/mol. The second kappa shape index (κ2) is 11.8. The zero-order valence-electron chi connectivity index (χ0n) is 21.3. The number of fused-ring (bicyclic) bond motifs is 1. The summed E-state index contributed by atoms with van der Waals surface area (Å²) >= 11 is 0. The number of rotatable bonds is 8. The molecule has 3 aromatic rings. The Labute approximate surface area is 221 Å². The molecule has 1 fully saturated rings. The Morgan fingerprint density at radius 2 is 1.84 bits per heavy atom. The van der Waals surface area contributed by atoms with E-state index in [0.717, 1.165) is 0 Å². The molecule has 200 valence electrons. The predicted octanol–water partition coefficient (Wildman–Crippen LogP) is 2.31. The zero-order chi connectivity index (χ0) is 27.3. The topological polar surface area (TPSA) is 138 Å². The lowest BCUT2D eigenvalue weighted by Gasteiger charge is -2.32. The lowest BCUT2D eigenvalue weighted by Crippen LogP contribution is -2.56. The highest BCUT2D eigenvalue weighted by atomic mass is 32.2. The van der Waals surface area contributed by atoms with E-state index >= 15 is 0 Å². The summed E-state index contributed by atoms with van der Waals surface area (Å²) in [5.74, 6) is -1.88. The first-order chi connectivity index (χ1) is 18.2. The second-order valence-electron chi connectivity index (χ2n) is 9.64. The number of hydrogen-bond acceptors (Lipinski definition) is 8. The summed E-state index contributed by atoms with van der Waals surface area (Å²) in [5, 5.41) is 5.99. The highest BCUT2D eigenvalue weighted by molar-refractivity contribution is 7.89. The van der Waals surface area contributed by atoms with Crippen LogP contribution in [0.25, 0.3) is 10.9 Å². The van der Waals surface area contributed by atoms with Gasteiger partial charge in [0.15, 0.2) is 10.8 Å². The summed E-state index contributed by atoms with van der Waals surface area (Å²) in [6.45, 7) is 4.20. The van der Waals surface area contributed by atoms with Gasteiger partial charge in [0.05, 0.1) is 17.6 Å². The SMILES string of the molecule is CC(C)CC(NC(=O)c1ccnc2ccccc12)C(=O)N([C@H]1CCCNCC1=O)S(=O)(=O)c1ccccn1. The van der Waals surface area contributed by atoms with Crippen LogP contribution in [0.15, 0.2) is 66.0 Å². The summed E-state index contributed by atoms with van der Waals surface area (Å²) in [5.41, 5.74) is 0.925. The number of hydrogen-bond donors (Lipinski definition) is 2. The van der Waals surface area contributed by atoms with Gasteiger partial charge < -0.3 is 10.6 Å². The van der Waals surface area contributed by atoms with Crippen molar-refractivity contribution in [1.82, 2.24) is 24.9 Å². The molecule has 2 N–H and O–H groups in total. The van der Waals surface area contributed by atoms with Crippen LogP contribution in [0.5, 0.6) is 0 Å². The number of pyridine rings is 2. The summed E-state index contributed by atoms with van der Waals surface area (Å²) in [6, 6.07) is 10.6. The van der Waals surface area contributed by atoms with Crippen LogP contribution in [0.2, 0.25) is 0 Å². The van der Waals surface area contributed by atoms with Gasteiger partial charge in [-0.05, 0) is 56.0 Å². The Hall–Kier alpha value is -3.70. The van der Waals surface area contributed by atoms with Gasteiger partial charge in [-0.3, -0.25) is 19.4 Å². The van der Waals surface area contributed by atoms with Crippen molar-refractivity contribution in [2.45, 2.75) is 50.2 Å². The van der Waals surface area contributed by atoms with Crippen molar-refractivity contribution >= 4 is 38.5 Å². The molecule has 0 bridgehead atoms. The third kappa shape index (κ3) is 5.89. The molecule has 1 aliphatic heterocycles. The van der Waals surface area contributed by atoms with Crippen molar-refractivity contribution < 1.29 is 22.8 Å². The largest absolute Gasteiger partial charge is 0.340 e. The number of benzene rings is 1. The van der Waals surface area contributed by atoms with Crippen LogP contribution in [0.1, 0.15) is 43.5 Å². The number of sulfonamides is 1. The fraction of sp³-hybridized carbons (Fsp3) is 0.370. The second-order valence-corrected chi connectivity index (χ2v) is 11.4.